The Balaban J connectivity index is 1.25. The van der Waals surface area contributed by atoms with Crippen molar-refractivity contribution in [1.82, 2.24) is 19.9 Å². The topological polar surface area (TPSA) is 95.5 Å². The molecule has 3 aliphatic heterocycles. The highest BCUT2D eigenvalue weighted by Crippen LogP contribution is 2.38. The third-order valence-electron chi connectivity index (χ3n) is 6.74. The smallest absolute Gasteiger partial charge is 0.323 e. The van der Waals surface area contributed by atoms with E-state index in [2.05, 4.69) is 32.5 Å². The predicted molar refractivity (Wildman–Crippen MR) is 130 cm³/mol. The molecular weight excluding hydrogens is 430 g/mol. The zero-order chi connectivity index (χ0) is 23.1. The summed E-state index contributed by atoms with van der Waals surface area (Å²) in [4.78, 5) is 31.0. The fourth-order valence-corrected chi connectivity index (χ4v) is 5.14. The average Bonchev–Trinajstić information content (AvgIpc) is 3.34. The van der Waals surface area contributed by atoms with Crippen molar-refractivity contribution in [3.8, 4) is 11.4 Å². The Kier molecular flexibility index (Phi) is 5.35. The molecule has 9 heteroatoms. The summed E-state index contributed by atoms with van der Waals surface area (Å²) in [5.41, 5.74) is 4.66. The standard InChI is InChI=1S/C25H27N7O2/c1-31-12-21-22(13-31)29-23(30-24(21)32-19-6-7-20(32)15-34-14-19)16-2-4-17(5-3-16)27-25(33)28-18-8-10-26-11-9-18/h2-5,8-11,19-20H,6-7,12-15H2,1H3,(H2,26,27,28,33). The maximum absolute atomic E-state index is 12.3. The Bertz CT molecular complexity index is 1190. The highest BCUT2D eigenvalue weighted by Gasteiger charge is 2.40. The number of rotatable bonds is 4. The van der Waals surface area contributed by atoms with Crippen LogP contribution >= 0.6 is 0 Å². The van der Waals surface area contributed by atoms with Crippen LogP contribution in [0.1, 0.15) is 24.1 Å². The van der Waals surface area contributed by atoms with Crippen LogP contribution in [0.15, 0.2) is 48.8 Å². The Morgan fingerprint density at radius 2 is 1.62 bits per heavy atom. The van der Waals surface area contributed by atoms with Crippen LogP contribution in [0.2, 0.25) is 0 Å². The van der Waals surface area contributed by atoms with Crippen molar-refractivity contribution in [1.29, 1.82) is 0 Å². The molecular formula is C25H27N7O2. The lowest BCUT2D eigenvalue weighted by Gasteiger charge is -2.36. The van der Waals surface area contributed by atoms with Crippen LogP contribution in [-0.4, -0.2) is 58.2 Å². The van der Waals surface area contributed by atoms with Crippen LogP contribution in [0.5, 0.6) is 0 Å². The molecule has 9 nitrogen and oxygen atoms in total. The summed E-state index contributed by atoms with van der Waals surface area (Å²) in [6.07, 6.45) is 5.57. The van der Waals surface area contributed by atoms with Gasteiger partial charge in [0.2, 0.25) is 0 Å². The Hall–Kier alpha value is -3.56. The number of amides is 2. The average molecular weight is 458 g/mol. The van der Waals surface area contributed by atoms with Gasteiger partial charge in [0.15, 0.2) is 5.82 Å². The van der Waals surface area contributed by atoms with Gasteiger partial charge in [-0.05, 0) is 56.3 Å². The molecule has 2 amide bonds. The monoisotopic (exact) mass is 457 g/mol. The van der Waals surface area contributed by atoms with Gasteiger partial charge in [0.05, 0.1) is 31.0 Å². The maximum Gasteiger partial charge on any atom is 0.323 e. The van der Waals surface area contributed by atoms with Gasteiger partial charge in [-0.1, -0.05) is 0 Å². The number of nitrogens with one attached hydrogen (secondary N) is 2. The van der Waals surface area contributed by atoms with Crippen molar-refractivity contribution in [3.05, 3.63) is 60.0 Å². The summed E-state index contributed by atoms with van der Waals surface area (Å²) in [7, 11) is 2.12. The van der Waals surface area contributed by atoms with E-state index in [-0.39, 0.29) is 6.03 Å². The van der Waals surface area contributed by atoms with Gasteiger partial charge in [0.25, 0.3) is 0 Å². The van der Waals surface area contributed by atoms with Crippen molar-refractivity contribution in [2.45, 2.75) is 38.0 Å². The van der Waals surface area contributed by atoms with Crippen molar-refractivity contribution >= 4 is 23.2 Å². The number of morpholine rings is 1. The summed E-state index contributed by atoms with van der Waals surface area (Å²) < 4.78 is 5.81. The lowest BCUT2D eigenvalue weighted by Crippen LogP contribution is -2.47. The number of fused-ring (bicyclic) bond motifs is 3. The second kappa shape index (κ2) is 8.66. The molecule has 2 fully saturated rings. The lowest BCUT2D eigenvalue weighted by molar-refractivity contribution is 0.0901. The normalized spacial score (nSPS) is 21.4. The molecule has 2 saturated heterocycles. The zero-order valence-corrected chi connectivity index (χ0v) is 19.1. The quantitative estimate of drug-likeness (QED) is 0.619. The third-order valence-corrected chi connectivity index (χ3v) is 6.74. The van der Waals surface area contributed by atoms with Crippen molar-refractivity contribution in [2.24, 2.45) is 0 Å². The Morgan fingerprint density at radius 1 is 0.941 bits per heavy atom. The third kappa shape index (κ3) is 3.97. The molecule has 0 radical (unpaired) electrons. The first kappa shape index (κ1) is 21.0. The Labute approximate surface area is 198 Å². The molecule has 2 aromatic heterocycles. The highest BCUT2D eigenvalue weighted by molar-refractivity contribution is 5.99. The molecule has 3 aromatic rings. The first-order valence-electron chi connectivity index (χ1n) is 11.7. The zero-order valence-electron chi connectivity index (χ0n) is 19.1. The number of hydrogen-bond acceptors (Lipinski definition) is 7. The van der Waals surface area contributed by atoms with E-state index in [9.17, 15) is 4.79 Å². The molecule has 3 aliphatic rings. The summed E-state index contributed by atoms with van der Waals surface area (Å²) >= 11 is 0. The summed E-state index contributed by atoms with van der Waals surface area (Å²) in [5, 5.41) is 5.65. The van der Waals surface area contributed by atoms with Gasteiger partial charge in [-0.3, -0.25) is 9.88 Å². The van der Waals surface area contributed by atoms with E-state index in [0.717, 1.165) is 62.0 Å². The number of benzene rings is 1. The highest BCUT2D eigenvalue weighted by atomic mass is 16.5. The second-order valence-electron chi connectivity index (χ2n) is 9.19. The summed E-state index contributed by atoms with van der Waals surface area (Å²) in [6, 6.07) is 11.6. The number of carbonyl (C=O) groups is 1. The van der Waals surface area contributed by atoms with Crippen LogP contribution in [-0.2, 0) is 17.8 Å². The van der Waals surface area contributed by atoms with Crippen LogP contribution in [0, 0.1) is 0 Å². The van der Waals surface area contributed by atoms with Gasteiger partial charge in [-0.2, -0.15) is 0 Å². The SMILES string of the molecule is CN1Cc2nc(-c3ccc(NC(=O)Nc4ccncc4)cc3)nc(N3C4CCC3COC4)c2C1. The van der Waals surface area contributed by atoms with Crippen LogP contribution in [0.4, 0.5) is 22.0 Å². The first-order chi connectivity index (χ1) is 16.6. The van der Waals surface area contributed by atoms with E-state index < -0.39 is 0 Å². The van der Waals surface area contributed by atoms with Gasteiger partial charge in [-0.15, -0.1) is 0 Å². The minimum atomic E-state index is -0.305. The van der Waals surface area contributed by atoms with E-state index in [1.807, 2.05) is 24.3 Å². The number of hydrogen-bond donors (Lipinski definition) is 2. The molecule has 2 unspecified atom stereocenters. The number of pyridine rings is 1. The van der Waals surface area contributed by atoms with Crippen molar-refractivity contribution < 1.29 is 9.53 Å². The number of aromatic nitrogens is 3. The number of anilines is 3. The number of ether oxygens (including phenoxy) is 1. The largest absolute Gasteiger partial charge is 0.377 e. The molecule has 5 heterocycles. The van der Waals surface area contributed by atoms with Gasteiger partial charge in [0, 0.05) is 48.0 Å². The molecule has 2 atom stereocenters. The number of nitrogens with zero attached hydrogens (tertiary/aromatic N) is 5. The van der Waals surface area contributed by atoms with Crippen molar-refractivity contribution in [3.63, 3.8) is 0 Å². The fraction of sp³-hybridized carbons (Fsp3) is 0.360. The molecule has 0 saturated carbocycles. The Morgan fingerprint density at radius 3 is 2.32 bits per heavy atom. The predicted octanol–water partition coefficient (Wildman–Crippen LogP) is 3.50. The van der Waals surface area contributed by atoms with E-state index in [4.69, 9.17) is 14.7 Å². The molecule has 6 rings (SSSR count). The minimum Gasteiger partial charge on any atom is -0.377 e. The molecule has 0 spiro atoms. The summed E-state index contributed by atoms with van der Waals surface area (Å²) in [5.74, 6) is 1.79. The maximum atomic E-state index is 12.3. The molecule has 1 aromatic carbocycles. The van der Waals surface area contributed by atoms with Gasteiger partial charge >= 0.3 is 6.03 Å². The van der Waals surface area contributed by atoms with Crippen LogP contribution < -0.4 is 15.5 Å². The van der Waals surface area contributed by atoms with Gasteiger partial charge < -0.3 is 20.3 Å². The van der Waals surface area contributed by atoms with Crippen LogP contribution in [0.3, 0.4) is 0 Å². The van der Waals surface area contributed by atoms with E-state index in [0.29, 0.717) is 23.5 Å². The fourth-order valence-electron chi connectivity index (χ4n) is 5.14. The first-order valence-corrected chi connectivity index (χ1v) is 11.7. The summed E-state index contributed by atoms with van der Waals surface area (Å²) in [6.45, 7) is 3.23. The minimum absolute atomic E-state index is 0.305. The van der Waals surface area contributed by atoms with E-state index in [1.54, 1.807) is 24.5 Å². The van der Waals surface area contributed by atoms with Crippen molar-refractivity contribution in [2.75, 3.05) is 35.8 Å². The molecule has 34 heavy (non-hydrogen) atoms. The van der Waals surface area contributed by atoms with E-state index in [1.165, 1.54) is 5.56 Å². The number of urea groups is 1. The molecule has 174 valence electrons. The van der Waals surface area contributed by atoms with Gasteiger partial charge in [0.1, 0.15) is 5.82 Å². The molecule has 2 N–H and O–H groups in total. The van der Waals surface area contributed by atoms with Gasteiger partial charge in [-0.25, -0.2) is 14.8 Å². The molecule has 0 aliphatic carbocycles. The van der Waals surface area contributed by atoms with E-state index >= 15 is 0 Å². The lowest BCUT2D eigenvalue weighted by atomic mass is 10.1. The molecule has 2 bridgehead atoms. The number of carbonyl (C=O) groups excluding carboxylic acids is 1. The van der Waals surface area contributed by atoms with Crippen LogP contribution in [0.25, 0.3) is 11.4 Å². The second-order valence-corrected chi connectivity index (χ2v) is 9.19.